The molecule has 0 saturated heterocycles. The molecule has 0 fully saturated rings. The van der Waals surface area contributed by atoms with E-state index in [9.17, 15) is 0 Å². The molecular formula is C13H15N3. The second-order valence-electron chi connectivity index (χ2n) is 3.80. The van der Waals surface area contributed by atoms with E-state index in [0.717, 1.165) is 16.8 Å². The van der Waals surface area contributed by atoms with Crippen molar-refractivity contribution in [1.29, 1.82) is 0 Å². The average molecular weight is 213 g/mol. The first-order valence-corrected chi connectivity index (χ1v) is 5.22. The van der Waals surface area contributed by atoms with Gasteiger partial charge in [-0.2, -0.15) is 0 Å². The molecule has 4 N–H and O–H groups in total. The molecule has 0 aliphatic heterocycles. The Bertz CT molecular complexity index is 480. The molecule has 0 amide bonds. The van der Waals surface area contributed by atoms with Gasteiger partial charge in [0, 0.05) is 5.69 Å². The summed E-state index contributed by atoms with van der Waals surface area (Å²) in [7, 11) is 0. The minimum Gasteiger partial charge on any atom is -0.384 e. The Morgan fingerprint density at radius 1 is 1.06 bits per heavy atom. The van der Waals surface area contributed by atoms with Crippen LogP contribution in [0.3, 0.4) is 0 Å². The Labute approximate surface area is 95.1 Å². The highest BCUT2D eigenvalue weighted by Gasteiger charge is 2.11. The zero-order valence-corrected chi connectivity index (χ0v) is 9.22. The molecule has 0 spiro atoms. The molecule has 0 aliphatic rings. The number of nitrogens with two attached hydrogens (primary N) is 2. The number of anilines is 1. The fraction of sp³-hybridized carbons (Fsp3) is 0.154. The first kappa shape index (κ1) is 10.6. The second kappa shape index (κ2) is 4.33. The molecule has 2 rings (SSSR count). The molecule has 1 atom stereocenters. The van der Waals surface area contributed by atoms with Crippen molar-refractivity contribution < 1.29 is 0 Å². The van der Waals surface area contributed by atoms with Gasteiger partial charge in [-0.15, -0.1) is 0 Å². The summed E-state index contributed by atoms with van der Waals surface area (Å²) in [6, 6.07) is 13.5. The monoisotopic (exact) mass is 213 g/mol. The number of hydrogen-bond acceptors (Lipinski definition) is 3. The minimum absolute atomic E-state index is 0.144. The summed E-state index contributed by atoms with van der Waals surface area (Å²) in [5, 5.41) is 0. The summed E-state index contributed by atoms with van der Waals surface area (Å²) < 4.78 is 0. The number of nitrogens with zero attached hydrogens (tertiary/aromatic N) is 1. The quantitative estimate of drug-likeness (QED) is 0.802. The number of hydrogen-bond donors (Lipinski definition) is 2. The maximum Gasteiger partial charge on any atom is 0.123 e. The maximum atomic E-state index is 6.19. The van der Waals surface area contributed by atoms with Gasteiger partial charge < -0.3 is 11.5 Å². The zero-order chi connectivity index (χ0) is 11.5. The van der Waals surface area contributed by atoms with Gasteiger partial charge in [-0.1, -0.05) is 36.4 Å². The smallest absolute Gasteiger partial charge is 0.123 e. The van der Waals surface area contributed by atoms with Gasteiger partial charge in [0.1, 0.15) is 5.82 Å². The Hall–Kier alpha value is -1.87. The molecule has 82 valence electrons. The Morgan fingerprint density at radius 2 is 1.75 bits per heavy atom. The van der Waals surface area contributed by atoms with Gasteiger partial charge in [0.25, 0.3) is 0 Å². The van der Waals surface area contributed by atoms with Gasteiger partial charge in [-0.3, -0.25) is 0 Å². The molecule has 1 aromatic heterocycles. The molecule has 0 aliphatic carbocycles. The first-order valence-electron chi connectivity index (χ1n) is 5.22. The molecular weight excluding hydrogens is 198 g/mol. The van der Waals surface area contributed by atoms with Crippen LogP contribution < -0.4 is 11.5 Å². The van der Waals surface area contributed by atoms with E-state index in [2.05, 4.69) is 4.98 Å². The van der Waals surface area contributed by atoms with Crippen LogP contribution in [-0.4, -0.2) is 4.98 Å². The molecule has 2 aromatic rings. The number of benzene rings is 1. The van der Waals surface area contributed by atoms with E-state index in [4.69, 9.17) is 11.5 Å². The van der Waals surface area contributed by atoms with Crippen molar-refractivity contribution in [1.82, 2.24) is 4.98 Å². The van der Waals surface area contributed by atoms with E-state index in [1.807, 2.05) is 43.3 Å². The van der Waals surface area contributed by atoms with Gasteiger partial charge in [-0.25, -0.2) is 4.98 Å². The van der Waals surface area contributed by atoms with Crippen LogP contribution in [0.2, 0.25) is 0 Å². The van der Waals surface area contributed by atoms with E-state index in [-0.39, 0.29) is 6.04 Å². The summed E-state index contributed by atoms with van der Waals surface area (Å²) >= 11 is 0. The standard InChI is InChI=1S/C13H15N3/c1-9-11(7-8-12(14)16-9)13(15)10-5-3-2-4-6-10/h2-8,13H,15H2,1H3,(H2,14,16)/t13-/m1/s1. The van der Waals surface area contributed by atoms with Gasteiger partial charge in [0.2, 0.25) is 0 Å². The fourth-order valence-electron chi connectivity index (χ4n) is 1.76. The summed E-state index contributed by atoms with van der Waals surface area (Å²) in [4.78, 5) is 4.22. The summed E-state index contributed by atoms with van der Waals surface area (Å²) in [5.74, 6) is 0.529. The van der Waals surface area contributed by atoms with Crippen molar-refractivity contribution in [2.24, 2.45) is 5.73 Å². The van der Waals surface area contributed by atoms with E-state index in [1.54, 1.807) is 6.07 Å². The lowest BCUT2D eigenvalue weighted by Gasteiger charge is -2.14. The molecule has 0 bridgehead atoms. The highest BCUT2D eigenvalue weighted by molar-refractivity contribution is 5.39. The largest absolute Gasteiger partial charge is 0.384 e. The number of pyridine rings is 1. The van der Waals surface area contributed by atoms with Crippen LogP contribution in [0.25, 0.3) is 0 Å². The van der Waals surface area contributed by atoms with Gasteiger partial charge >= 0.3 is 0 Å². The molecule has 0 saturated carbocycles. The molecule has 3 nitrogen and oxygen atoms in total. The number of rotatable bonds is 2. The summed E-state index contributed by atoms with van der Waals surface area (Å²) in [6.07, 6.45) is 0. The summed E-state index contributed by atoms with van der Waals surface area (Å²) in [6.45, 7) is 1.93. The van der Waals surface area contributed by atoms with Crippen LogP contribution >= 0.6 is 0 Å². The lowest BCUT2D eigenvalue weighted by Crippen LogP contribution is -2.14. The van der Waals surface area contributed by atoms with Crippen LogP contribution in [-0.2, 0) is 0 Å². The van der Waals surface area contributed by atoms with E-state index in [1.165, 1.54) is 0 Å². The first-order chi connectivity index (χ1) is 7.68. The highest BCUT2D eigenvalue weighted by Crippen LogP contribution is 2.21. The molecule has 1 aromatic carbocycles. The predicted octanol–water partition coefficient (Wildman–Crippen LogP) is 2.02. The fourth-order valence-corrected chi connectivity index (χ4v) is 1.76. The zero-order valence-electron chi connectivity index (χ0n) is 9.22. The summed E-state index contributed by atoms with van der Waals surface area (Å²) in [5.41, 5.74) is 14.8. The third-order valence-electron chi connectivity index (χ3n) is 2.64. The minimum atomic E-state index is -0.144. The highest BCUT2D eigenvalue weighted by atomic mass is 14.8. The SMILES string of the molecule is Cc1nc(N)ccc1[C@H](N)c1ccccc1. The predicted molar refractivity (Wildman–Crippen MR) is 65.9 cm³/mol. The van der Waals surface area contributed by atoms with Crippen LogP contribution in [0.4, 0.5) is 5.82 Å². The van der Waals surface area contributed by atoms with E-state index in [0.29, 0.717) is 5.82 Å². The molecule has 0 radical (unpaired) electrons. The molecule has 0 unspecified atom stereocenters. The number of aromatic nitrogens is 1. The Kier molecular flexibility index (Phi) is 2.88. The van der Waals surface area contributed by atoms with Crippen molar-refractivity contribution in [3.05, 3.63) is 59.3 Å². The average Bonchev–Trinajstić information content (AvgIpc) is 2.29. The lowest BCUT2D eigenvalue weighted by molar-refractivity contribution is 0.849. The van der Waals surface area contributed by atoms with E-state index >= 15 is 0 Å². The van der Waals surface area contributed by atoms with Crippen molar-refractivity contribution in [3.63, 3.8) is 0 Å². The third kappa shape index (κ3) is 2.04. The lowest BCUT2D eigenvalue weighted by atomic mass is 9.99. The Balaban J connectivity index is 2.38. The number of aryl methyl sites for hydroxylation is 1. The second-order valence-corrected chi connectivity index (χ2v) is 3.80. The Morgan fingerprint density at radius 3 is 2.38 bits per heavy atom. The van der Waals surface area contributed by atoms with Crippen molar-refractivity contribution >= 4 is 5.82 Å². The third-order valence-corrected chi connectivity index (χ3v) is 2.64. The molecule has 1 heterocycles. The van der Waals surface area contributed by atoms with Gasteiger partial charge in [0.05, 0.1) is 6.04 Å². The van der Waals surface area contributed by atoms with Crippen molar-refractivity contribution in [2.45, 2.75) is 13.0 Å². The van der Waals surface area contributed by atoms with Crippen LogP contribution in [0.1, 0.15) is 22.9 Å². The van der Waals surface area contributed by atoms with Gasteiger partial charge in [-0.05, 0) is 24.1 Å². The van der Waals surface area contributed by atoms with E-state index < -0.39 is 0 Å². The normalized spacial score (nSPS) is 12.4. The van der Waals surface area contributed by atoms with Gasteiger partial charge in [0.15, 0.2) is 0 Å². The topological polar surface area (TPSA) is 64.9 Å². The molecule has 3 heteroatoms. The van der Waals surface area contributed by atoms with Crippen molar-refractivity contribution in [3.8, 4) is 0 Å². The van der Waals surface area contributed by atoms with Crippen LogP contribution in [0, 0.1) is 6.92 Å². The van der Waals surface area contributed by atoms with Crippen molar-refractivity contribution in [2.75, 3.05) is 5.73 Å². The van der Waals surface area contributed by atoms with Crippen LogP contribution in [0.15, 0.2) is 42.5 Å². The molecule has 16 heavy (non-hydrogen) atoms. The van der Waals surface area contributed by atoms with Crippen LogP contribution in [0.5, 0.6) is 0 Å². The maximum absolute atomic E-state index is 6.19. The number of nitrogen functional groups attached to an aromatic ring is 1.